The van der Waals surface area contributed by atoms with Gasteiger partial charge in [-0.15, -0.1) is 0 Å². The predicted octanol–water partition coefficient (Wildman–Crippen LogP) is 3.25. The maximum absolute atomic E-state index is 11.7. The maximum Gasteiger partial charge on any atom is 0.192 e. The van der Waals surface area contributed by atoms with Crippen LogP contribution >= 0.6 is 27.5 Å². The number of rotatable bonds is 0. The van der Waals surface area contributed by atoms with Crippen LogP contribution in [-0.4, -0.2) is 4.98 Å². The van der Waals surface area contributed by atoms with Gasteiger partial charge in [-0.2, -0.15) is 0 Å². The van der Waals surface area contributed by atoms with E-state index < -0.39 is 0 Å². The van der Waals surface area contributed by atoms with Crippen LogP contribution in [0.3, 0.4) is 0 Å². The summed E-state index contributed by atoms with van der Waals surface area (Å²) >= 11 is 9.29. The molecule has 2 nitrogen and oxygen atoms in total. The van der Waals surface area contributed by atoms with Crippen LogP contribution in [0, 0.1) is 6.92 Å². The van der Waals surface area contributed by atoms with Crippen molar-refractivity contribution >= 4 is 38.4 Å². The van der Waals surface area contributed by atoms with E-state index in [-0.39, 0.29) is 5.43 Å². The van der Waals surface area contributed by atoms with Crippen molar-refractivity contribution in [3.8, 4) is 0 Å². The van der Waals surface area contributed by atoms with Crippen molar-refractivity contribution in [2.75, 3.05) is 0 Å². The first-order valence-electron chi connectivity index (χ1n) is 4.06. The van der Waals surface area contributed by atoms with Crippen LogP contribution in [-0.2, 0) is 0 Å². The highest BCUT2D eigenvalue weighted by Crippen LogP contribution is 2.24. The fourth-order valence-electron chi connectivity index (χ4n) is 1.36. The number of halogens is 2. The number of benzene rings is 1. The first kappa shape index (κ1) is 9.74. The van der Waals surface area contributed by atoms with Gasteiger partial charge >= 0.3 is 0 Å². The lowest BCUT2D eigenvalue weighted by atomic mass is 10.1. The molecule has 0 amide bonds. The lowest BCUT2D eigenvalue weighted by Gasteiger charge is -2.02. The van der Waals surface area contributed by atoms with Gasteiger partial charge in [-0.3, -0.25) is 4.79 Å². The van der Waals surface area contributed by atoms with Crippen LogP contribution in [0.2, 0.25) is 5.02 Å². The Morgan fingerprint density at radius 3 is 2.86 bits per heavy atom. The van der Waals surface area contributed by atoms with E-state index in [0.29, 0.717) is 21.5 Å². The van der Waals surface area contributed by atoms with Crippen molar-refractivity contribution < 1.29 is 0 Å². The molecular formula is C10H7BrClNO. The van der Waals surface area contributed by atoms with E-state index in [0.717, 1.165) is 4.47 Å². The monoisotopic (exact) mass is 271 g/mol. The summed E-state index contributed by atoms with van der Waals surface area (Å²) in [5, 5.41) is 1.16. The van der Waals surface area contributed by atoms with Gasteiger partial charge in [-0.25, -0.2) is 0 Å². The molecule has 1 aromatic heterocycles. The normalized spacial score (nSPS) is 10.8. The van der Waals surface area contributed by atoms with Gasteiger partial charge in [0.2, 0.25) is 0 Å². The Balaban J connectivity index is 3.03. The van der Waals surface area contributed by atoms with Crippen LogP contribution < -0.4 is 5.43 Å². The number of hydrogen-bond donors (Lipinski definition) is 1. The van der Waals surface area contributed by atoms with Gasteiger partial charge in [0.15, 0.2) is 5.43 Å². The average Bonchev–Trinajstić information content (AvgIpc) is 2.12. The molecular weight excluding hydrogens is 265 g/mol. The fraction of sp³-hybridized carbons (Fsp3) is 0.100. The molecule has 1 N–H and O–H groups in total. The number of pyridine rings is 1. The van der Waals surface area contributed by atoms with Gasteiger partial charge < -0.3 is 4.98 Å². The Morgan fingerprint density at radius 1 is 1.43 bits per heavy atom. The van der Waals surface area contributed by atoms with Crippen LogP contribution in [0.1, 0.15) is 5.56 Å². The topological polar surface area (TPSA) is 32.9 Å². The van der Waals surface area contributed by atoms with Crippen LogP contribution in [0.25, 0.3) is 10.9 Å². The molecule has 4 heteroatoms. The van der Waals surface area contributed by atoms with Crippen molar-refractivity contribution in [3.63, 3.8) is 0 Å². The van der Waals surface area contributed by atoms with Gasteiger partial charge in [0.05, 0.1) is 10.5 Å². The quantitative estimate of drug-likeness (QED) is 0.784. The van der Waals surface area contributed by atoms with E-state index in [1.54, 1.807) is 25.3 Å². The number of aryl methyl sites for hydroxylation is 1. The predicted molar refractivity (Wildman–Crippen MR) is 62.0 cm³/mol. The first-order chi connectivity index (χ1) is 6.59. The van der Waals surface area contributed by atoms with E-state index in [9.17, 15) is 4.79 Å². The summed E-state index contributed by atoms with van der Waals surface area (Å²) in [5.41, 5.74) is 1.39. The molecule has 1 aromatic carbocycles. The van der Waals surface area contributed by atoms with Crippen molar-refractivity contribution in [3.05, 3.63) is 43.6 Å². The number of fused-ring (bicyclic) bond motifs is 1. The molecule has 0 aliphatic rings. The summed E-state index contributed by atoms with van der Waals surface area (Å²) < 4.78 is 0.811. The zero-order valence-corrected chi connectivity index (χ0v) is 9.74. The van der Waals surface area contributed by atoms with Crippen LogP contribution in [0.5, 0.6) is 0 Å². The summed E-state index contributed by atoms with van der Waals surface area (Å²) in [6.07, 6.45) is 1.67. The number of hydrogen-bond acceptors (Lipinski definition) is 1. The van der Waals surface area contributed by atoms with Crippen molar-refractivity contribution in [2.24, 2.45) is 0 Å². The lowest BCUT2D eigenvalue weighted by molar-refractivity contribution is 1.30. The molecule has 14 heavy (non-hydrogen) atoms. The van der Waals surface area contributed by atoms with E-state index in [2.05, 4.69) is 20.9 Å². The highest BCUT2D eigenvalue weighted by Gasteiger charge is 2.05. The van der Waals surface area contributed by atoms with Crippen LogP contribution in [0.15, 0.2) is 27.6 Å². The van der Waals surface area contributed by atoms with E-state index in [4.69, 9.17) is 11.6 Å². The summed E-state index contributed by atoms with van der Waals surface area (Å²) in [4.78, 5) is 14.7. The fourth-order valence-corrected chi connectivity index (χ4v) is 2.22. The first-order valence-corrected chi connectivity index (χ1v) is 5.24. The summed E-state index contributed by atoms with van der Waals surface area (Å²) in [6, 6.07) is 3.53. The number of aromatic amines is 1. The minimum absolute atomic E-state index is 0.0157. The molecule has 0 spiro atoms. The highest BCUT2D eigenvalue weighted by molar-refractivity contribution is 9.10. The van der Waals surface area contributed by atoms with E-state index in [1.165, 1.54) is 0 Å². The zero-order chi connectivity index (χ0) is 10.3. The van der Waals surface area contributed by atoms with Gasteiger partial charge in [-0.1, -0.05) is 27.5 Å². The second-order valence-electron chi connectivity index (χ2n) is 3.11. The van der Waals surface area contributed by atoms with Crippen molar-refractivity contribution in [2.45, 2.75) is 6.92 Å². The summed E-state index contributed by atoms with van der Waals surface area (Å²) in [6.45, 7) is 1.77. The van der Waals surface area contributed by atoms with E-state index >= 15 is 0 Å². The Labute approximate surface area is 94.0 Å². The molecule has 2 aromatic rings. The highest BCUT2D eigenvalue weighted by atomic mass is 79.9. The second-order valence-corrected chi connectivity index (χ2v) is 4.43. The molecule has 0 unspecified atom stereocenters. The molecule has 0 bridgehead atoms. The maximum atomic E-state index is 11.7. The molecule has 0 saturated carbocycles. The molecule has 0 fully saturated rings. The molecule has 0 radical (unpaired) electrons. The number of aromatic nitrogens is 1. The van der Waals surface area contributed by atoms with Gasteiger partial charge in [-0.05, 0) is 19.1 Å². The summed E-state index contributed by atoms with van der Waals surface area (Å²) in [5.74, 6) is 0. The third kappa shape index (κ3) is 1.47. The summed E-state index contributed by atoms with van der Waals surface area (Å²) in [7, 11) is 0. The third-order valence-corrected chi connectivity index (χ3v) is 2.85. The SMILES string of the molecule is Cc1c[nH]c2c(Cl)cc(Br)cc2c1=O. The Bertz CT molecular complexity index is 562. The standard InChI is InChI=1S/C10H7BrClNO/c1-5-4-13-9-7(10(5)14)2-6(11)3-8(9)12/h2-4H,1H3,(H,13,14). The van der Waals surface area contributed by atoms with E-state index in [1.807, 2.05) is 0 Å². The molecule has 0 saturated heterocycles. The Morgan fingerprint density at radius 2 is 2.14 bits per heavy atom. The molecule has 2 rings (SSSR count). The molecule has 1 heterocycles. The largest absolute Gasteiger partial charge is 0.359 e. The Hall–Kier alpha value is -0.800. The van der Waals surface area contributed by atoms with Gasteiger partial charge in [0, 0.05) is 21.6 Å². The Kier molecular flexibility index (Phi) is 2.37. The second kappa shape index (κ2) is 3.41. The lowest BCUT2D eigenvalue weighted by Crippen LogP contribution is -2.06. The molecule has 0 aliphatic heterocycles. The molecule has 72 valence electrons. The average molecular weight is 273 g/mol. The van der Waals surface area contributed by atoms with Gasteiger partial charge in [0.25, 0.3) is 0 Å². The smallest absolute Gasteiger partial charge is 0.192 e. The minimum atomic E-state index is 0.0157. The zero-order valence-electron chi connectivity index (χ0n) is 7.40. The number of H-pyrrole nitrogens is 1. The number of nitrogens with one attached hydrogen (secondary N) is 1. The van der Waals surface area contributed by atoms with Gasteiger partial charge in [0.1, 0.15) is 0 Å². The molecule has 0 atom stereocenters. The molecule has 0 aliphatic carbocycles. The van der Waals surface area contributed by atoms with Crippen molar-refractivity contribution in [1.82, 2.24) is 4.98 Å². The third-order valence-electron chi connectivity index (χ3n) is 2.09. The van der Waals surface area contributed by atoms with Crippen molar-refractivity contribution in [1.29, 1.82) is 0 Å². The minimum Gasteiger partial charge on any atom is -0.359 e. The van der Waals surface area contributed by atoms with Crippen LogP contribution in [0.4, 0.5) is 0 Å².